The third kappa shape index (κ3) is 3.34. The number of urea groups is 1. The van der Waals surface area contributed by atoms with E-state index in [4.69, 9.17) is 0 Å². The molecule has 1 aliphatic rings. The molecule has 1 N–H and O–H groups in total. The molecule has 0 spiro atoms. The number of aromatic nitrogens is 4. The summed E-state index contributed by atoms with van der Waals surface area (Å²) in [4.78, 5) is 24.6. The van der Waals surface area contributed by atoms with Crippen LogP contribution < -0.4 is 5.32 Å². The van der Waals surface area contributed by atoms with Crippen molar-refractivity contribution in [3.8, 4) is 5.82 Å². The third-order valence-electron chi connectivity index (χ3n) is 3.35. The Hall–Kier alpha value is -2.42. The molecule has 2 aromatic heterocycles. The summed E-state index contributed by atoms with van der Waals surface area (Å²) in [7, 11) is 0. The molecule has 0 bridgehead atoms. The highest BCUT2D eigenvalue weighted by molar-refractivity contribution is 7.99. The molecule has 9 heteroatoms. The van der Waals surface area contributed by atoms with Crippen LogP contribution in [-0.4, -0.2) is 55.7 Å². The Morgan fingerprint density at radius 2 is 2.17 bits per heavy atom. The standard InChI is InChI=1S/C14H16N6O2S/c1-9-7-10(2)20(18-9)11-3-4-12(17-16-11)23-8-13(21)19-6-5-15-14(19)22/h3-4,7H,5-6,8H2,1-2H3,(H,15,22). The van der Waals surface area contributed by atoms with Crippen molar-refractivity contribution >= 4 is 23.7 Å². The van der Waals surface area contributed by atoms with Crippen LogP contribution in [0, 0.1) is 13.8 Å². The fourth-order valence-corrected chi connectivity index (χ4v) is 2.98. The zero-order valence-electron chi connectivity index (χ0n) is 12.8. The number of carbonyl (C=O) groups is 2. The number of nitrogens with one attached hydrogen (secondary N) is 1. The molecule has 3 rings (SSSR count). The Kier molecular flexibility index (Phi) is 4.28. The van der Waals surface area contributed by atoms with Gasteiger partial charge in [0.2, 0.25) is 5.91 Å². The molecule has 0 aliphatic carbocycles. The van der Waals surface area contributed by atoms with Gasteiger partial charge in [0, 0.05) is 18.8 Å². The zero-order valence-corrected chi connectivity index (χ0v) is 13.6. The number of hydrogen-bond donors (Lipinski definition) is 1. The van der Waals surface area contributed by atoms with Gasteiger partial charge in [0.05, 0.1) is 11.4 Å². The summed E-state index contributed by atoms with van der Waals surface area (Å²) in [5.74, 6) is 0.557. The first-order valence-corrected chi connectivity index (χ1v) is 8.11. The van der Waals surface area contributed by atoms with Crippen LogP contribution in [0.25, 0.3) is 5.82 Å². The molecule has 0 radical (unpaired) electrons. The molecule has 120 valence electrons. The number of amides is 3. The quantitative estimate of drug-likeness (QED) is 0.837. The molecule has 0 aromatic carbocycles. The lowest BCUT2D eigenvalue weighted by Crippen LogP contribution is -2.35. The van der Waals surface area contributed by atoms with Gasteiger partial charge < -0.3 is 5.32 Å². The summed E-state index contributed by atoms with van der Waals surface area (Å²) in [5, 5.41) is 15.8. The van der Waals surface area contributed by atoms with E-state index in [-0.39, 0.29) is 17.7 Å². The molecule has 3 heterocycles. The SMILES string of the molecule is Cc1cc(C)n(-c2ccc(SCC(=O)N3CCNC3=O)nn2)n1. The van der Waals surface area contributed by atoms with Crippen LogP contribution in [0.1, 0.15) is 11.4 Å². The molecule has 1 aliphatic heterocycles. The summed E-state index contributed by atoms with van der Waals surface area (Å²) in [6.45, 7) is 4.79. The highest BCUT2D eigenvalue weighted by atomic mass is 32.2. The lowest BCUT2D eigenvalue weighted by atomic mass is 10.4. The monoisotopic (exact) mass is 332 g/mol. The van der Waals surface area contributed by atoms with Crippen LogP contribution in [0.15, 0.2) is 23.2 Å². The smallest absolute Gasteiger partial charge is 0.324 e. The molecule has 1 saturated heterocycles. The predicted molar refractivity (Wildman–Crippen MR) is 84.5 cm³/mol. The fourth-order valence-electron chi connectivity index (χ4n) is 2.29. The van der Waals surface area contributed by atoms with Crippen molar-refractivity contribution in [2.45, 2.75) is 18.9 Å². The minimum absolute atomic E-state index is 0.154. The summed E-state index contributed by atoms with van der Waals surface area (Å²) < 4.78 is 1.72. The van der Waals surface area contributed by atoms with Crippen molar-refractivity contribution in [3.63, 3.8) is 0 Å². The van der Waals surface area contributed by atoms with E-state index in [0.29, 0.717) is 23.9 Å². The zero-order chi connectivity index (χ0) is 16.4. The Morgan fingerprint density at radius 3 is 2.74 bits per heavy atom. The van der Waals surface area contributed by atoms with Gasteiger partial charge >= 0.3 is 6.03 Å². The van der Waals surface area contributed by atoms with E-state index < -0.39 is 0 Å². The van der Waals surface area contributed by atoms with E-state index in [9.17, 15) is 9.59 Å². The van der Waals surface area contributed by atoms with Crippen molar-refractivity contribution in [1.82, 2.24) is 30.2 Å². The number of nitrogens with zero attached hydrogens (tertiary/aromatic N) is 5. The maximum Gasteiger partial charge on any atom is 0.324 e. The summed E-state index contributed by atoms with van der Waals surface area (Å²) >= 11 is 1.26. The van der Waals surface area contributed by atoms with E-state index in [1.807, 2.05) is 26.0 Å². The molecule has 3 amide bonds. The molecule has 2 aromatic rings. The van der Waals surface area contributed by atoms with Crippen LogP contribution >= 0.6 is 11.8 Å². The van der Waals surface area contributed by atoms with Crippen molar-refractivity contribution in [1.29, 1.82) is 0 Å². The van der Waals surface area contributed by atoms with Crippen LogP contribution in [0.3, 0.4) is 0 Å². The number of rotatable bonds is 4. The topological polar surface area (TPSA) is 93.0 Å². The van der Waals surface area contributed by atoms with Gasteiger partial charge in [-0.1, -0.05) is 11.8 Å². The predicted octanol–water partition coefficient (Wildman–Crippen LogP) is 0.923. The van der Waals surface area contributed by atoms with Gasteiger partial charge in [0.25, 0.3) is 0 Å². The molecule has 8 nitrogen and oxygen atoms in total. The van der Waals surface area contributed by atoms with Gasteiger partial charge in [-0.25, -0.2) is 9.48 Å². The number of thioether (sulfide) groups is 1. The molecule has 23 heavy (non-hydrogen) atoms. The normalized spacial score (nSPS) is 14.2. The first-order chi connectivity index (χ1) is 11.0. The van der Waals surface area contributed by atoms with Gasteiger partial charge in [-0.15, -0.1) is 10.2 Å². The molecule has 1 fully saturated rings. The maximum absolute atomic E-state index is 11.9. The second-order valence-electron chi connectivity index (χ2n) is 5.13. The van der Waals surface area contributed by atoms with Gasteiger partial charge in [0.15, 0.2) is 5.82 Å². The van der Waals surface area contributed by atoms with Crippen LogP contribution in [0.2, 0.25) is 0 Å². The van der Waals surface area contributed by atoms with Crippen LogP contribution in [0.4, 0.5) is 4.79 Å². The van der Waals surface area contributed by atoms with Crippen molar-refractivity contribution < 1.29 is 9.59 Å². The highest BCUT2D eigenvalue weighted by Crippen LogP contribution is 2.17. The summed E-state index contributed by atoms with van der Waals surface area (Å²) in [5.41, 5.74) is 1.89. The second kappa shape index (κ2) is 6.37. The molecular weight excluding hydrogens is 316 g/mol. The van der Waals surface area contributed by atoms with Gasteiger partial charge in [0.1, 0.15) is 5.03 Å². The van der Waals surface area contributed by atoms with E-state index in [0.717, 1.165) is 11.4 Å². The van der Waals surface area contributed by atoms with Gasteiger partial charge in [-0.05, 0) is 32.0 Å². The summed E-state index contributed by atoms with van der Waals surface area (Å²) in [6, 6.07) is 5.23. The summed E-state index contributed by atoms with van der Waals surface area (Å²) in [6.07, 6.45) is 0. The van der Waals surface area contributed by atoms with E-state index in [2.05, 4.69) is 20.6 Å². The van der Waals surface area contributed by atoms with Gasteiger partial charge in [-0.2, -0.15) is 5.10 Å². The number of aryl methyl sites for hydroxylation is 2. The lowest BCUT2D eigenvalue weighted by Gasteiger charge is -2.11. The third-order valence-corrected chi connectivity index (χ3v) is 4.26. The average molecular weight is 332 g/mol. The molecule has 0 saturated carbocycles. The number of imide groups is 1. The van der Waals surface area contributed by atoms with E-state index in [1.54, 1.807) is 10.7 Å². The van der Waals surface area contributed by atoms with Crippen molar-refractivity contribution in [3.05, 3.63) is 29.6 Å². The Morgan fingerprint density at radius 1 is 1.35 bits per heavy atom. The molecule has 0 atom stereocenters. The van der Waals surface area contributed by atoms with Crippen LogP contribution in [-0.2, 0) is 4.79 Å². The molecular formula is C14H16N6O2S. The van der Waals surface area contributed by atoms with Crippen molar-refractivity contribution in [2.24, 2.45) is 0 Å². The minimum Gasteiger partial charge on any atom is -0.336 e. The highest BCUT2D eigenvalue weighted by Gasteiger charge is 2.25. The maximum atomic E-state index is 11.9. The van der Waals surface area contributed by atoms with E-state index >= 15 is 0 Å². The Balaban J connectivity index is 1.63. The number of carbonyl (C=O) groups excluding carboxylic acids is 2. The van der Waals surface area contributed by atoms with Crippen LogP contribution in [0.5, 0.6) is 0 Å². The fraction of sp³-hybridized carbons (Fsp3) is 0.357. The number of hydrogen-bond acceptors (Lipinski definition) is 6. The second-order valence-corrected chi connectivity index (χ2v) is 6.13. The first kappa shape index (κ1) is 15.5. The van der Waals surface area contributed by atoms with Crippen molar-refractivity contribution in [2.75, 3.05) is 18.8 Å². The Labute approximate surface area is 137 Å². The largest absolute Gasteiger partial charge is 0.336 e. The molecule has 0 unspecified atom stereocenters. The minimum atomic E-state index is -0.332. The first-order valence-electron chi connectivity index (χ1n) is 7.13. The van der Waals surface area contributed by atoms with E-state index in [1.165, 1.54) is 16.7 Å². The lowest BCUT2D eigenvalue weighted by molar-refractivity contribution is -0.124. The Bertz CT molecular complexity index is 742. The average Bonchev–Trinajstić information content (AvgIpc) is 3.10. The van der Waals surface area contributed by atoms with Gasteiger partial charge in [-0.3, -0.25) is 9.69 Å².